The number of amides is 2. The molecule has 1 heterocycles. The molecule has 2 amide bonds. The zero-order valence-corrected chi connectivity index (χ0v) is 17.2. The summed E-state index contributed by atoms with van der Waals surface area (Å²) >= 11 is 0. The van der Waals surface area contributed by atoms with Crippen molar-refractivity contribution in [1.82, 2.24) is 20.4 Å². The summed E-state index contributed by atoms with van der Waals surface area (Å²) in [5, 5.41) is 5.45. The molecule has 1 atom stereocenters. The number of nitrogens with zero attached hydrogens (tertiary/aromatic N) is 3. The molecule has 2 rings (SSSR count). The fourth-order valence-corrected chi connectivity index (χ4v) is 3.18. The van der Waals surface area contributed by atoms with Crippen LogP contribution in [0.3, 0.4) is 0 Å². The normalized spacial score (nSPS) is 16.8. The monoisotopic (exact) mass is 375 g/mol. The minimum atomic E-state index is -0.579. The Hall–Kier alpha value is -2.12. The summed E-state index contributed by atoms with van der Waals surface area (Å²) in [6.07, 6.45) is 0. The molecule has 150 valence electrons. The van der Waals surface area contributed by atoms with E-state index in [-0.39, 0.29) is 12.1 Å². The Bertz CT molecular complexity index is 622. The van der Waals surface area contributed by atoms with Crippen molar-refractivity contribution in [2.45, 2.75) is 25.9 Å². The summed E-state index contributed by atoms with van der Waals surface area (Å²) in [5.74, 6) is -1.15. The number of hydrogen-bond acceptors (Lipinski definition) is 5. The minimum absolute atomic E-state index is 0.0470. The van der Waals surface area contributed by atoms with Gasteiger partial charge in [0.25, 0.3) is 0 Å². The lowest BCUT2D eigenvalue weighted by Gasteiger charge is -2.38. The van der Waals surface area contributed by atoms with E-state index >= 15 is 0 Å². The van der Waals surface area contributed by atoms with Crippen molar-refractivity contribution in [2.24, 2.45) is 0 Å². The van der Waals surface area contributed by atoms with Gasteiger partial charge in [-0.2, -0.15) is 0 Å². The van der Waals surface area contributed by atoms with Crippen LogP contribution in [0.1, 0.15) is 25.5 Å². The molecule has 7 heteroatoms. The smallest absolute Gasteiger partial charge is 0.309 e. The van der Waals surface area contributed by atoms with E-state index in [9.17, 15) is 9.59 Å². The number of anilines is 1. The van der Waals surface area contributed by atoms with E-state index in [2.05, 4.69) is 56.6 Å². The molecule has 1 aromatic rings. The first-order valence-electron chi connectivity index (χ1n) is 9.56. The maximum atomic E-state index is 12.1. The van der Waals surface area contributed by atoms with Crippen molar-refractivity contribution >= 4 is 17.5 Å². The van der Waals surface area contributed by atoms with Gasteiger partial charge in [0.15, 0.2) is 0 Å². The van der Waals surface area contributed by atoms with Crippen molar-refractivity contribution < 1.29 is 9.59 Å². The number of likely N-dealkylation sites (N-methyl/N-ethyl adjacent to an activating group) is 1. The Balaban J connectivity index is 2.10. The van der Waals surface area contributed by atoms with Crippen LogP contribution in [0.4, 0.5) is 5.69 Å². The number of piperazine rings is 1. The van der Waals surface area contributed by atoms with Crippen LogP contribution in [0.5, 0.6) is 0 Å². The molecule has 0 radical (unpaired) electrons. The standard InChI is InChI=1S/C20H33N5O2/c1-15(2)22-20(27)19(26)21-14-18(25-12-10-24(5)11-13-25)16-6-8-17(9-7-16)23(3)4/h6-9,15,18H,10-14H2,1-5H3,(H,21,26)(H,22,27)/t18-/m1/s1. The average Bonchev–Trinajstić information content (AvgIpc) is 2.63. The summed E-state index contributed by atoms with van der Waals surface area (Å²) < 4.78 is 0. The van der Waals surface area contributed by atoms with Crippen LogP contribution < -0.4 is 15.5 Å². The van der Waals surface area contributed by atoms with E-state index < -0.39 is 11.8 Å². The molecule has 0 unspecified atom stereocenters. The van der Waals surface area contributed by atoms with Gasteiger partial charge in [0.2, 0.25) is 0 Å². The molecule has 0 spiro atoms. The molecule has 0 saturated carbocycles. The lowest BCUT2D eigenvalue weighted by atomic mass is 10.0. The molecule has 1 aliphatic rings. The van der Waals surface area contributed by atoms with Gasteiger partial charge in [-0.05, 0) is 38.6 Å². The lowest BCUT2D eigenvalue weighted by Crippen LogP contribution is -2.50. The summed E-state index contributed by atoms with van der Waals surface area (Å²) in [6.45, 7) is 7.95. The van der Waals surface area contributed by atoms with Crippen molar-refractivity contribution in [3.8, 4) is 0 Å². The third-order valence-corrected chi connectivity index (χ3v) is 4.85. The highest BCUT2D eigenvalue weighted by atomic mass is 16.2. The number of rotatable bonds is 6. The van der Waals surface area contributed by atoms with Crippen LogP contribution in [0.15, 0.2) is 24.3 Å². The van der Waals surface area contributed by atoms with E-state index in [0.717, 1.165) is 37.4 Å². The van der Waals surface area contributed by atoms with E-state index in [0.29, 0.717) is 6.54 Å². The summed E-state index contributed by atoms with van der Waals surface area (Å²) in [6, 6.07) is 8.38. The number of carbonyl (C=O) groups excluding carboxylic acids is 2. The third kappa shape index (κ3) is 6.22. The Morgan fingerprint density at radius 2 is 1.63 bits per heavy atom. The fourth-order valence-electron chi connectivity index (χ4n) is 3.18. The Morgan fingerprint density at radius 1 is 1.04 bits per heavy atom. The van der Waals surface area contributed by atoms with E-state index in [1.165, 1.54) is 0 Å². The summed E-state index contributed by atoms with van der Waals surface area (Å²) in [7, 11) is 6.15. The zero-order chi connectivity index (χ0) is 20.0. The predicted molar refractivity (Wildman–Crippen MR) is 109 cm³/mol. The van der Waals surface area contributed by atoms with Crippen LogP contribution in [-0.2, 0) is 9.59 Å². The fraction of sp³-hybridized carbons (Fsp3) is 0.600. The van der Waals surface area contributed by atoms with Crippen molar-refractivity contribution in [3.63, 3.8) is 0 Å². The second kappa shape index (κ2) is 9.71. The first-order valence-corrected chi connectivity index (χ1v) is 9.56. The van der Waals surface area contributed by atoms with Crippen LogP contribution in [0, 0.1) is 0 Å². The maximum Gasteiger partial charge on any atom is 0.309 e. The van der Waals surface area contributed by atoms with Crippen LogP contribution in [0.2, 0.25) is 0 Å². The first-order chi connectivity index (χ1) is 12.8. The number of carbonyl (C=O) groups is 2. The quantitative estimate of drug-likeness (QED) is 0.716. The van der Waals surface area contributed by atoms with Crippen molar-refractivity contribution in [3.05, 3.63) is 29.8 Å². The summed E-state index contributed by atoms with van der Waals surface area (Å²) in [4.78, 5) is 30.8. The van der Waals surface area contributed by atoms with Gasteiger partial charge >= 0.3 is 11.8 Å². The van der Waals surface area contributed by atoms with Gasteiger partial charge in [0, 0.05) is 58.5 Å². The molecule has 1 saturated heterocycles. The predicted octanol–water partition coefficient (Wildman–Crippen LogP) is 0.682. The van der Waals surface area contributed by atoms with Crippen molar-refractivity contribution in [2.75, 3.05) is 58.8 Å². The van der Waals surface area contributed by atoms with E-state index in [1.54, 1.807) is 0 Å². The van der Waals surface area contributed by atoms with Gasteiger partial charge < -0.3 is 20.4 Å². The van der Waals surface area contributed by atoms with Gasteiger partial charge in [0.05, 0.1) is 6.04 Å². The highest BCUT2D eigenvalue weighted by molar-refractivity contribution is 6.35. The molecule has 1 fully saturated rings. The largest absolute Gasteiger partial charge is 0.378 e. The Kier molecular flexibility index (Phi) is 7.62. The van der Waals surface area contributed by atoms with E-state index in [1.807, 2.05) is 27.9 Å². The second-order valence-electron chi connectivity index (χ2n) is 7.68. The first kappa shape index (κ1) is 21.2. The molecule has 0 bridgehead atoms. The molecule has 0 aliphatic carbocycles. The molecule has 27 heavy (non-hydrogen) atoms. The average molecular weight is 376 g/mol. The van der Waals surface area contributed by atoms with Crippen molar-refractivity contribution in [1.29, 1.82) is 0 Å². The Labute approximate surface area is 162 Å². The highest BCUT2D eigenvalue weighted by Crippen LogP contribution is 2.24. The van der Waals surface area contributed by atoms with E-state index in [4.69, 9.17) is 0 Å². The second-order valence-corrected chi connectivity index (χ2v) is 7.68. The van der Waals surface area contributed by atoms with Crippen LogP contribution in [-0.4, -0.2) is 81.5 Å². The minimum Gasteiger partial charge on any atom is -0.378 e. The molecule has 2 N–H and O–H groups in total. The molecule has 1 aliphatic heterocycles. The van der Waals surface area contributed by atoms with Gasteiger partial charge in [-0.25, -0.2) is 0 Å². The molecule has 0 aromatic heterocycles. The summed E-state index contributed by atoms with van der Waals surface area (Å²) in [5.41, 5.74) is 2.28. The third-order valence-electron chi connectivity index (χ3n) is 4.85. The van der Waals surface area contributed by atoms with Crippen LogP contribution >= 0.6 is 0 Å². The highest BCUT2D eigenvalue weighted by Gasteiger charge is 2.25. The molecular formula is C20H33N5O2. The van der Waals surface area contributed by atoms with Gasteiger partial charge in [-0.15, -0.1) is 0 Å². The van der Waals surface area contributed by atoms with Gasteiger partial charge in [-0.1, -0.05) is 12.1 Å². The topological polar surface area (TPSA) is 67.9 Å². The Morgan fingerprint density at radius 3 is 2.15 bits per heavy atom. The molecule has 1 aromatic carbocycles. The number of hydrogen-bond donors (Lipinski definition) is 2. The molecule has 7 nitrogen and oxygen atoms in total. The van der Waals surface area contributed by atoms with Gasteiger partial charge in [-0.3, -0.25) is 14.5 Å². The van der Waals surface area contributed by atoms with Gasteiger partial charge in [0.1, 0.15) is 0 Å². The maximum absolute atomic E-state index is 12.1. The SMILES string of the molecule is CC(C)NC(=O)C(=O)NC[C@H](c1ccc(N(C)C)cc1)N1CCN(C)CC1. The number of nitrogens with one attached hydrogen (secondary N) is 2. The molecular weight excluding hydrogens is 342 g/mol. The number of benzene rings is 1. The lowest BCUT2D eigenvalue weighted by molar-refractivity contribution is -0.139. The van der Waals surface area contributed by atoms with Crippen LogP contribution in [0.25, 0.3) is 0 Å². The zero-order valence-electron chi connectivity index (χ0n) is 17.2.